The molecule has 1 unspecified atom stereocenters. The Bertz CT molecular complexity index is 70.1. The van der Waals surface area contributed by atoms with Crippen molar-refractivity contribution in [1.29, 1.82) is 0 Å². The van der Waals surface area contributed by atoms with Gasteiger partial charge in [0.25, 0.3) is 0 Å². The first kappa shape index (κ1) is 8.74. The summed E-state index contributed by atoms with van der Waals surface area (Å²) in [5.41, 5.74) is 0. The zero-order chi connectivity index (χ0) is 7.11. The first-order valence-electron chi connectivity index (χ1n) is 3.71. The van der Waals surface area contributed by atoms with E-state index in [9.17, 15) is 0 Å². The molecule has 53 valence electrons. The lowest BCUT2D eigenvalue weighted by Crippen LogP contribution is -1.85. The molecule has 0 aromatic carbocycles. The summed E-state index contributed by atoms with van der Waals surface area (Å²) < 4.78 is 0. The minimum atomic E-state index is 0.621. The molecular weight excluding hydrogens is 108 g/mol. The van der Waals surface area contributed by atoms with Crippen LogP contribution in [0, 0.1) is 12.8 Å². The molecule has 0 bridgehead atoms. The number of hydrogen-bond donors (Lipinski definition) is 0. The molecule has 0 aromatic rings. The van der Waals surface area contributed by atoms with Crippen LogP contribution in [-0.4, -0.2) is 0 Å². The fourth-order valence-electron chi connectivity index (χ4n) is 0.751. The molecule has 0 N–H and O–H groups in total. The zero-order valence-corrected chi connectivity index (χ0v) is 6.56. The maximum Gasteiger partial charge on any atom is -0.0351 e. The van der Waals surface area contributed by atoms with Crippen LogP contribution in [0.5, 0.6) is 0 Å². The van der Waals surface area contributed by atoms with Gasteiger partial charge < -0.3 is 0 Å². The van der Waals surface area contributed by atoms with Crippen LogP contribution in [0.3, 0.4) is 0 Å². The van der Waals surface area contributed by atoms with Gasteiger partial charge in [0.1, 0.15) is 0 Å². The van der Waals surface area contributed by atoms with Crippen LogP contribution in [0.25, 0.3) is 0 Å². The fraction of sp³-hybridized carbons (Fsp3) is 0.667. The number of rotatable bonds is 4. The Morgan fingerprint density at radius 3 is 2.67 bits per heavy atom. The van der Waals surface area contributed by atoms with E-state index >= 15 is 0 Å². The number of allylic oxidation sites excluding steroid dienone is 2. The van der Waals surface area contributed by atoms with E-state index in [-0.39, 0.29) is 0 Å². The maximum absolute atomic E-state index is 3.91. The smallest absolute Gasteiger partial charge is 0.0351 e. The van der Waals surface area contributed by atoms with E-state index in [0.29, 0.717) is 5.92 Å². The molecule has 9 heavy (non-hydrogen) atoms. The first-order chi connectivity index (χ1) is 4.27. The van der Waals surface area contributed by atoms with Crippen molar-refractivity contribution >= 4 is 0 Å². The van der Waals surface area contributed by atoms with Crippen LogP contribution in [0.15, 0.2) is 12.2 Å². The summed E-state index contributed by atoms with van der Waals surface area (Å²) in [4.78, 5) is 0. The van der Waals surface area contributed by atoms with Gasteiger partial charge in [-0.3, -0.25) is 0 Å². The monoisotopic (exact) mass is 125 g/mol. The molecule has 0 aromatic heterocycles. The van der Waals surface area contributed by atoms with Crippen molar-refractivity contribution in [3.8, 4) is 0 Å². The van der Waals surface area contributed by atoms with Crippen molar-refractivity contribution in [2.24, 2.45) is 5.92 Å². The quantitative estimate of drug-likeness (QED) is 0.400. The fourth-order valence-corrected chi connectivity index (χ4v) is 0.751. The Kier molecular flexibility index (Phi) is 5.70. The molecule has 0 nitrogen and oxygen atoms in total. The molecule has 0 fully saturated rings. The molecule has 0 aliphatic rings. The molecular formula is C9H17. The summed E-state index contributed by atoms with van der Waals surface area (Å²) in [5.74, 6) is 0.621. The molecule has 0 heteroatoms. The minimum Gasteiger partial charge on any atom is -0.0917 e. The average molecular weight is 125 g/mol. The summed E-state index contributed by atoms with van der Waals surface area (Å²) in [6.45, 7) is 8.14. The first-order valence-corrected chi connectivity index (χ1v) is 3.71. The van der Waals surface area contributed by atoms with Gasteiger partial charge in [-0.25, -0.2) is 0 Å². The molecule has 0 amide bonds. The largest absolute Gasteiger partial charge is 0.0917 e. The van der Waals surface area contributed by atoms with E-state index in [1.807, 2.05) is 0 Å². The normalized spacial score (nSPS) is 11.6. The predicted octanol–water partition coefficient (Wildman–Crippen LogP) is 3.20. The lowest BCUT2D eigenvalue weighted by atomic mass is 10.1. The van der Waals surface area contributed by atoms with Gasteiger partial charge in [-0.15, -0.1) is 0 Å². The van der Waals surface area contributed by atoms with Crippen LogP contribution in [0.4, 0.5) is 0 Å². The second-order valence-corrected chi connectivity index (χ2v) is 2.61. The van der Waals surface area contributed by atoms with Crippen LogP contribution in [0.1, 0.15) is 33.1 Å². The SMILES string of the molecule is [CH2]C(C)CCCC=CC. The Labute approximate surface area is 59.0 Å². The summed E-state index contributed by atoms with van der Waals surface area (Å²) in [6.07, 6.45) is 8.08. The van der Waals surface area contributed by atoms with E-state index in [1.54, 1.807) is 0 Å². The summed E-state index contributed by atoms with van der Waals surface area (Å²) >= 11 is 0. The second-order valence-electron chi connectivity index (χ2n) is 2.61. The Morgan fingerprint density at radius 2 is 2.22 bits per heavy atom. The molecule has 1 radical (unpaired) electrons. The van der Waals surface area contributed by atoms with Crippen molar-refractivity contribution in [2.75, 3.05) is 0 Å². The standard InChI is InChI=1S/C9H17/c1-4-5-6-7-8-9(2)3/h4-5,9H,2,6-8H2,1,3H3. The van der Waals surface area contributed by atoms with Crippen LogP contribution in [-0.2, 0) is 0 Å². The molecule has 0 aliphatic heterocycles. The molecule has 0 spiro atoms. The molecule has 0 aliphatic carbocycles. The zero-order valence-electron chi connectivity index (χ0n) is 6.56. The topological polar surface area (TPSA) is 0 Å². The Hall–Kier alpha value is -0.260. The summed E-state index contributed by atoms with van der Waals surface area (Å²) in [6, 6.07) is 0. The molecule has 0 saturated carbocycles. The van der Waals surface area contributed by atoms with Crippen molar-refractivity contribution in [2.45, 2.75) is 33.1 Å². The van der Waals surface area contributed by atoms with Gasteiger partial charge in [-0.1, -0.05) is 32.4 Å². The predicted molar refractivity (Wildman–Crippen MR) is 43.2 cm³/mol. The Morgan fingerprint density at radius 1 is 1.56 bits per heavy atom. The van der Waals surface area contributed by atoms with Gasteiger partial charge in [-0.2, -0.15) is 0 Å². The second kappa shape index (κ2) is 5.87. The highest BCUT2D eigenvalue weighted by Gasteiger charge is 1.90. The molecule has 1 atom stereocenters. The Balaban J connectivity index is 2.91. The van der Waals surface area contributed by atoms with Gasteiger partial charge in [0.05, 0.1) is 0 Å². The van der Waals surface area contributed by atoms with Crippen molar-refractivity contribution < 1.29 is 0 Å². The van der Waals surface area contributed by atoms with Gasteiger partial charge in [0, 0.05) is 0 Å². The average Bonchev–Trinajstić information content (AvgIpc) is 1.80. The van der Waals surface area contributed by atoms with Gasteiger partial charge in [0.15, 0.2) is 0 Å². The van der Waals surface area contributed by atoms with Gasteiger partial charge in [-0.05, 0) is 25.7 Å². The minimum absolute atomic E-state index is 0.621. The number of hydrogen-bond acceptors (Lipinski definition) is 0. The third kappa shape index (κ3) is 7.74. The van der Waals surface area contributed by atoms with Crippen LogP contribution >= 0.6 is 0 Å². The molecule has 0 saturated heterocycles. The van der Waals surface area contributed by atoms with Crippen molar-refractivity contribution in [3.05, 3.63) is 19.1 Å². The van der Waals surface area contributed by atoms with Gasteiger partial charge in [0.2, 0.25) is 0 Å². The van der Waals surface area contributed by atoms with Crippen molar-refractivity contribution in [3.63, 3.8) is 0 Å². The van der Waals surface area contributed by atoms with E-state index in [1.165, 1.54) is 19.3 Å². The van der Waals surface area contributed by atoms with Crippen LogP contribution < -0.4 is 0 Å². The van der Waals surface area contributed by atoms with Crippen molar-refractivity contribution in [1.82, 2.24) is 0 Å². The lowest BCUT2D eigenvalue weighted by molar-refractivity contribution is 0.608. The lowest BCUT2D eigenvalue weighted by Gasteiger charge is -1.99. The summed E-state index contributed by atoms with van der Waals surface area (Å²) in [7, 11) is 0. The number of unbranched alkanes of at least 4 members (excludes halogenated alkanes) is 1. The van der Waals surface area contributed by atoms with E-state index in [2.05, 4.69) is 32.9 Å². The van der Waals surface area contributed by atoms with E-state index < -0.39 is 0 Å². The van der Waals surface area contributed by atoms with Gasteiger partial charge >= 0.3 is 0 Å². The van der Waals surface area contributed by atoms with Crippen LogP contribution in [0.2, 0.25) is 0 Å². The highest BCUT2D eigenvalue weighted by atomic mass is 14.0. The third-order valence-electron chi connectivity index (χ3n) is 1.30. The van der Waals surface area contributed by atoms with E-state index in [0.717, 1.165) is 0 Å². The van der Waals surface area contributed by atoms with E-state index in [4.69, 9.17) is 0 Å². The summed E-state index contributed by atoms with van der Waals surface area (Å²) in [5, 5.41) is 0. The maximum atomic E-state index is 3.91. The highest BCUT2D eigenvalue weighted by Crippen LogP contribution is 2.05. The highest BCUT2D eigenvalue weighted by molar-refractivity contribution is 4.76. The third-order valence-corrected chi connectivity index (χ3v) is 1.30. The molecule has 0 rings (SSSR count). The molecule has 0 heterocycles.